The highest BCUT2D eigenvalue weighted by Crippen LogP contribution is 2.34. The number of rotatable bonds is 4. The zero-order chi connectivity index (χ0) is 22.0. The van der Waals surface area contributed by atoms with E-state index in [0.29, 0.717) is 30.8 Å². The maximum atomic E-state index is 12.8. The molecule has 8 heteroatoms. The van der Waals surface area contributed by atoms with E-state index in [-0.39, 0.29) is 11.9 Å². The van der Waals surface area contributed by atoms with E-state index < -0.39 is 11.7 Å². The molecule has 4 rings (SSSR count). The summed E-state index contributed by atoms with van der Waals surface area (Å²) in [6.45, 7) is 1.58. The number of carbonyl (C=O) groups is 1. The molecule has 1 aliphatic rings. The van der Waals surface area contributed by atoms with Crippen molar-refractivity contribution in [2.24, 2.45) is 0 Å². The predicted octanol–water partition coefficient (Wildman–Crippen LogP) is 4.55. The molecule has 1 atom stereocenters. The van der Waals surface area contributed by atoms with E-state index in [1.54, 1.807) is 11.1 Å². The molecule has 160 valence electrons. The highest BCUT2D eigenvalue weighted by molar-refractivity contribution is 5.79. The zero-order valence-electron chi connectivity index (χ0n) is 16.5. The number of alkyl halides is 3. The van der Waals surface area contributed by atoms with Gasteiger partial charge in [0.25, 0.3) is 0 Å². The summed E-state index contributed by atoms with van der Waals surface area (Å²) in [5.74, 6) is 0.240. The summed E-state index contributed by atoms with van der Waals surface area (Å²) in [5.41, 5.74) is 9.02. The molecule has 1 aromatic heterocycles. The first-order valence-corrected chi connectivity index (χ1v) is 9.69. The Morgan fingerprint density at radius 3 is 2.35 bits per heavy atom. The molecule has 5 nitrogen and oxygen atoms in total. The van der Waals surface area contributed by atoms with Gasteiger partial charge in [-0.15, -0.1) is 0 Å². The fourth-order valence-electron chi connectivity index (χ4n) is 3.56. The number of pyridine rings is 1. The van der Waals surface area contributed by atoms with Gasteiger partial charge in [-0.2, -0.15) is 13.2 Å². The number of halogens is 3. The highest BCUT2D eigenvalue weighted by Gasteiger charge is 2.30. The Morgan fingerprint density at radius 2 is 1.71 bits per heavy atom. The molecule has 3 aromatic rings. The molecule has 0 saturated carbocycles. The normalized spacial score (nSPS) is 16.9. The van der Waals surface area contributed by atoms with Gasteiger partial charge in [-0.3, -0.25) is 4.79 Å². The van der Waals surface area contributed by atoms with E-state index in [4.69, 9.17) is 10.5 Å². The maximum Gasteiger partial charge on any atom is 0.416 e. The van der Waals surface area contributed by atoms with Crippen LogP contribution in [0.2, 0.25) is 0 Å². The summed E-state index contributed by atoms with van der Waals surface area (Å²) in [6.07, 6.45) is -2.12. The largest absolute Gasteiger partial charge is 0.416 e. The molecule has 2 aromatic carbocycles. The number of carbonyl (C=O) groups excluding carboxylic acids is 1. The lowest BCUT2D eigenvalue weighted by Crippen LogP contribution is -2.37. The Bertz CT molecular complexity index is 1070. The molecule has 1 aliphatic heterocycles. The number of hydrogen-bond acceptors (Lipinski definition) is 4. The number of nitrogens with two attached hydrogens (primary N) is 1. The third kappa shape index (κ3) is 4.54. The van der Waals surface area contributed by atoms with Crippen LogP contribution in [-0.4, -0.2) is 36.0 Å². The highest BCUT2D eigenvalue weighted by atomic mass is 19.4. The molecule has 0 spiro atoms. The maximum absolute atomic E-state index is 12.8. The molecule has 1 unspecified atom stereocenters. The Hall–Kier alpha value is -3.39. The quantitative estimate of drug-likeness (QED) is 0.621. The monoisotopic (exact) mass is 427 g/mol. The molecule has 0 aliphatic carbocycles. The van der Waals surface area contributed by atoms with Crippen LogP contribution < -0.4 is 5.73 Å². The number of aromatic nitrogens is 1. The van der Waals surface area contributed by atoms with Gasteiger partial charge in [0.1, 0.15) is 11.9 Å². The molecule has 1 fully saturated rings. The minimum absolute atomic E-state index is 0.180. The van der Waals surface area contributed by atoms with Crippen LogP contribution in [0.5, 0.6) is 0 Å². The van der Waals surface area contributed by atoms with Crippen molar-refractivity contribution < 1.29 is 22.7 Å². The van der Waals surface area contributed by atoms with Gasteiger partial charge in [0.2, 0.25) is 6.41 Å². The molecule has 1 amide bonds. The van der Waals surface area contributed by atoms with Crippen molar-refractivity contribution in [3.63, 3.8) is 0 Å². The average molecular weight is 427 g/mol. The lowest BCUT2D eigenvalue weighted by atomic mass is 9.98. The van der Waals surface area contributed by atoms with Gasteiger partial charge in [0, 0.05) is 23.9 Å². The summed E-state index contributed by atoms with van der Waals surface area (Å²) >= 11 is 0. The van der Waals surface area contributed by atoms with Crippen molar-refractivity contribution >= 4 is 12.2 Å². The molecular formula is C23H20F3N3O2. The lowest BCUT2D eigenvalue weighted by Gasteiger charge is -2.30. The number of anilines is 1. The van der Waals surface area contributed by atoms with Crippen LogP contribution in [-0.2, 0) is 15.7 Å². The minimum atomic E-state index is -4.39. The van der Waals surface area contributed by atoms with Gasteiger partial charge in [-0.1, -0.05) is 36.4 Å². The van der Waals surface area contributed by atoms with E-state index in [1.807, 2.05) is 30.3 Å². The van der Waals surface area contributed by atoms with Crippen LogP contribution in [0.25, 0.3) is 22.3 Å². The van der Waals surface area contributed by atoms with Gasteiger partial charge in [0.15, 0.2) is 0 Å². The van der Waals surface area contributed by atoms with Crippen molar-refractivity contribution in [1.82, 2.24) is 9.88 Å². The van der Waals surface area contributed by atoms with Crippen molar-refractivity contribution in [1.29, 1.82) is 0 Å². The molecule has 2 N–H and O–H groups in total. The summed E-state index contributed by atoms with van der Waals surface area (Å²) < 4.78 is 44.2. The van der Waals surface area contributed by atoms with Crippen LogP contribution in [0, 0.1) is 0 Å². The number of nitrogen functional groups attached to an aromatic ring is 1. The van der Waals surface area contributed by atoms with Crippen LogP contribution in [0.3, 0.4) is 0 Å². The zero-order valence-corrected chi connectivity index (χ0v) is 16.5. The van der Waals surface area contributed by atoms with Crippen molar-refractivity contribution in [3.05, 3.63) is 71.9 Å². The van der Waals surface area contributed by atoms with E-state index in [0.717, 1.165) is 35.2 Å². The third-order valence-corrected chi connectivity index (χ3v) is 5.30. The average Bonchev–Trinajstić information content (AvgIpc) is 2.79. The van der Waals surface area contributed by atoms with Gasteiger partial charge < -0.3 is 15.4 Å². The first-order valence-electron chi connectivity index (χ1n) is 9.69. The first kappa shape index (κ1) is 20.9. The Morgan fingerprint density at radius 1 is 1.03 bits per heavy atom. The molecular weight excluding hydrogens is 407 g/mol. The summed E-state index contributed by atoms with van der Waals surface area (Å²) in [6, 6.07) is 14.4. The van der Waals surface area contributed by atoms with E-state index >= 15 is 0 Å². The SMILES string of the molecule is Nc1ncc(-c2ccc(C3CN(C=O)CCO3)cc2)cc1-c1ccc(C(F)(F)F)cc1. The molecule has 1 saturated heterocycles. The second kappa shape index (κ2) is 8.39. The Balaban J connectivity index is 1.59. The standard InChI is InChI=1S/C23H20F3N3O2/c24-23(25,26)19-7-5-16(6-8-19)20-11-18(12-28-22(20)27)15-1-3-17(4-2-15)21-13-29(14-30)9-10-31-21/h1-8,11-12,14,21H,9-10,13H2,(H2,27,28). The first-order chi connectivity index (χ1) is 14.8. The van der Waals surface area contributed by atoms with Gasteiger partial charge in [-0.05, 0) is 34.9 Å². The van der Waals surface area contributed by atoms with E-state index in [1.165, 1.54) is 12.1 Å². The number of hydrogen-bond donors (Lipinski definition) is 1. The van der Waals surface area contributed by atoms with Crippen molar-refractivity contribution in [2.75, 3.05) is 25.4 Å². The molecule has 0 bridgehead atoms. The summed E-state index contributed by atoms with van der Waals surface area (Å²) in [5, 5.41) is 0. The van der Waals surface area contributed by atoms with Gasteiger partial charge in [-0.25, -0.2) is 4.98 Å². The number of morpholine rings is 1. The third-order valence-electron chi connectivity index (χ3n) is 5.30. The fraction of sp³-hybridized carbons (Fsp3) is 0.217. The number of ether oxygens (including phenoxy) is 1. The minimum Gasteiger partial charge on any atom is -0.383 e. The lowest BCUT2D eigenvalue weighted by molar-refractivity contribution is -0.137. The Labute approximate surface area is 177 Å². The van der Waals surface area contributed by atoms with Gasteiger partial charge in [0.05, 0.1) is 18.7 Å². The molecule has 2 heterocycles. The van der Waals surface area contributed by atoms with Gasteiger partial charge >= 0.3 is 6.18 Å². The summed E-state index contributed by atoms with van der Waals surface area (Å²) in [4.78, 5) is 16.9. The van der Waals surface area contributed by atoms with E-state index in [9.17, 15) is 18.0 Å². The predicted molar refractivity (Wildman–Crippen MR) is 111 cm³/mol. The van der Waals surface area contributed by atoms with Crippen LogP contribution >= 0.6 is 0 Å². The smallest absolute Gasteiger partial charge is 0.383 e. The van der Waals surface area contributed by atoms with Crippen LogP contribution in [0.1, 0.15) is 17.2 Å². The van der Waals surface area contributed by atoms with Crippen LogP contribution in [0.15, 0.2) is 60.8 Å². The molecule has 31 heavy (non-hydrogen) atoms. The number of amides is 1. The second-order valence-electron chi connectivity index (χ2n) is 7.31. The van der Waals surface area contributed by atoms with Crippen molar-refractivity contribution in [3.8, 4) is 22.3 Å². The fourth-order valence-corrected chi connectivity index (χ4v) is 3.56. The van der Waals surface area contributed by atoms with E-state index in [2.05, 4.69) is 4.98 Å². The summed E-state index contributed by atoms with van der Waals surface area (Å²) in [7, 11) is 0. The second-order valence-corrected chi connectivity index (χ2v) is 7.31. The molecule has 0 radical (unpaired) electrons. The van der Waals surface area contributed by atoms with Crippen molar-refractivity contribution in [2.45, 2.75) is 12.3 Å². The number of benzene rings is 2. The van der Waals surface area contributed by atoms with Crippen LogP contribution in [0.4, 0.5) is 19.0 Å². The topological polar surface area (TPSA) is 68.5 Å². The Kier molecular flexibility index (Phi) is 5.65. The number of nitrogens with zero attached hydrogens (tertiary/aromatic N) is 2.